The summed E-state index contributed by atoms with van der Waals surface area (Å²) >= 11 is 0. The minimum Gasteiger partial charge on any atom is -0.204 e. The molecule has 1 fully saturated rings. The van der Waals surface area contributed by atoms with Crippen molar-refractivity contribution in [3.05, 3.63) is 40.2 Å². The highest BCUT2D eigenvalue weighted by Gasteiger charge is 2.27. The molecule has 0 aliphatic heterocycles. The van der Waals surface area contributed by atoms with Crippen LogP contribution in [0.4, 0.5) is 13.2 Å². The van der Waals surface area contributed by atoms with E-state index in [1.807, 2.05) is 6.08 Å². The first kappa shape index (κ1) is 17.6. The van der Waals surface area contributed by atoms with Crippen molar-refractivity contribution in [1.29, 1.82) is 0 Å². The van der Waals surface area contributed by atoms with Crippen molar-refractivity contribution in [3.63, 3.8) is 0 Å². The molecule has 0 bridgehead atoms. The fourth-order valence-electron chi connectivity index (χ4n) is 4.40. The molecule has 0 aromatic heterocycles. The standard InChI is InChI=1S/C21H27F3/c1-2-3-4-5-14-6-8-15(9-7-14)16-10-11-18-17(12-16)13-19(22)21(24)20(18)23/h12-15H,2-11H2,1H3. The molecule has 0 unspecified atom stereocenters. The smallest absolute Gasteiger partial charge is 0.194 e. The van der Waals surface area contributed by atoms with Crippen molar-refractivity contribution in [3.8, 4) is 0 Å². The molecule has 0 heterocycles. The Balaban J connectivity index is 1.65. The van der Waals surface area contributed by atoms with E-state index in [1.54, 1.807) is 0 Å². The molecule has 0 radical (unpaired) electrons. The van der Waals surface area contributed by atoms with Gasteiger partial charge in [-0.05, 0) is 67.6 Å². The third-order valence-corrected chi connectivity index (χ3v) is 5.89. The molecule has 1 aromatic carbocycles. The van der Waals surface area contributed by atoms with Crippen molar-refractivity contribution in [2.24, 2.45) is 11.8 Å². The second-order valence-electron chi connectivity index (χ2n) is 7.49. The van der Waals surface area contributed by atoms with Crippen LogP contribution in [-0.4, -0.2) is 0 Å². The average molecular weight is 336 g/mol. The van der Waals surface area contributed by atoms with E-state index in [0.717, 1.165) is 18.4 Å². The lowest BCUT2D eigenvalue weighted by Gasteiger charge is -2.32. The fourth-order valence-corrected chi connectivity index (χ4v) is 4.40. The average Bonchev–Trinajstić information content (AvgIpc) is 2.60. The predicted molar refractivity (Wildman–Crippen MR) is 92.2 cm³/mol. The number of benzene rings is 1. The minimum atomic E-state index is -1.34. The second-order valence-corrected chi connectivity index (χ2v) is 7.49. The second kappa shape index (κ2) is 7.76. The van der Waals surface area contributed by atoms with Gasteiger partial charge in [0.15, 0.2) is 17.5 Å². The number of hydrogen-bond donors (Lipinski definition) is 0. The molecule has 132 valence electrons. The summed E-state index contributed by atoms with van der Waals surface area (Å²) in [6, 6.07) is 1.16. The monoisotopic (exact) mass is 336 g/mol. The van der Waals surface area contributed by atoms with Gasteiger partial charge in [-0.15, -0.1) is 0 Å². The van der Waals surface area contributed by atoms with Gasteiger partial charge in [0.05, 0.1) is 0 Å². The molecule has 1 saturated carbocycles. The maximum absolute atomic E-state index is 13.9. The summed E-state index contributed by atoms with van der Waals surface area (Å²) in [4.78, 5) is 0. The van der Waals surface area contributed by atoms with Crippen LogP contribution in [0.3, 0.4) is 0 Å². The molecular weight excluding hydrogens is 309 g/mol. The number of rotatable bonds is 5. The first-order chi connectivity index (χ1) is 11.6. The molecule has 0 spiro atoms. The summed E-state index contributed by atoms with van der Waals surface area (Å²) < 4.78 is 40.7. The van der Waals surface area contributed by atoms with Gasteiger partial charge in [0, 0.05) is 0 Å². The van der Waals surface area contributed by atoms with E-state index in [2.05, 4.69) is 6.92 Å². The van der Waals surface area contributed by atoms with Crippen molar-refractivity contribution in [1.82, 2.24) is 0 Å². The SMILES string of the molecule is CCCCCC1CCC(C2=Cc3cc(F)c(F)c(F)c3CC2)CC1. The molecule has 0 saturated heterocycles. The summed E-state index contributed by atoms with van der Waals surface area (Å²) in [5.74, 6) is -2.02. The highest BCUT2D eigenvalue weighted by Crippen LogP contribution is 2.40. The molecule has 0 atom stereocenters. The zero-order valence-corrected chi connectivity index (χ0v) is 14.5. The maximum atomic E-state index is 13.9. The molecule has 0 N–H and O–H groups in total. The summed E-state index contributed by atoms with van der Waals surface area (Å²) in [7, 11) is 0. The summed E-state index contributed by atoms with van der Waals surface area (Å²) in [5.41, 5.74) is 2.18. The van der Waals surface area contributed by atoms with Crippen molar-refractivity contribution < 1.29 is 13.2 Å². The lowest BCUT2D eigenvalue weighted by atomic mass is 9.74. The van der Waals surface area contributed by atoms with E-state index < -0.39 is 17.5 Å². The van der Waals surface area contributed by atoms with Gasteiger partial charge in [0.25, 0.3) is 0 Å². The summed E-state index contributed by atoms with van der Waals surface area (Å²) in [6.45, 7) is 2.24. The largest absolute Gasteiger partial charge is 0.204 e. The van der Waals surface area contributed by atoms with Crippen LogP contribution in [0, 0.1) is 29.3 Å². The highest BCUT2D eigenvalue weighted by molar-refractivity contribution is 5.60. The first-order valence-electron chi connectivity index (χ1n) is 9.47. The fraction of sp³-hybridized carbons (Fsp3) is 0.619. The van der Waals surface area contributed by atoms with Crippen LogP contribution >= 0.6 is 0 Å². The van der Waals surface area contributed by atoms with Crippen molar-refractivity contribution in [2.45, 2.75) is 71.1 Å². The van der Waals surface area contributed by atoms with E-state index >= 15 is 0 Å². The van der Waals surface area contributed by atoms with E-state index in [-0.39, 0.29) is 0 Å². The molecular formula is C21H27F3. The van der Waals surface area contributed by atoms with Gasteiger partial charge < -0.3 is 0 Å². The topological polar surface area (TPSA) is 0 Å². The molecule has 2 aliphatic carbocycles. The Kier molecular flexibility index (Phi) is 5.68. The van der Waals surface area contributed by atoms with Crippen molar-refractivity contribution >= 4 is 6.08 Å². The quantitative estimate of drug-likeness (QED) is 0.409. The summed E-state index contributed by atoms with van der Waals surface area (Å²) in [5, 5.41) is 0. The van der Waals surface area contributed by atoms with Gasteiger partial charge >= 0.3 is 0 Å². The van der Waals surface area contributed by atoms with Crippen LogP contribution in [-0.2, 0) is 6.42 Å². The van der Waals surface area contributed by atoms with Crippen LogP contribution in [0.2, 0.25) is 0 Å². The molecule has 3 heteroatoms. The first-order valence-corrected chi connectivity index (χ1v) is 9.47. The maximum Gasteiger partial charge on any atom is 0.194 e. The van der Waals surface area contributed by atoms with E-state index in [1.165, 1.54) is 56.9 Å². The lowest BCUT2D eigenvalue weighted by molar-refractivity contribution is 0.279. The molecule has 24 heavy (non-hydrogen) atoms. The third-order valence-electron chi connectivity index (χ3n) is 5.89. The van der Waals surface area contributed by atoms with E-state index in [0.29, 0.717) is 23.5 Å². The normalized spacial score (nSPS) is 23.8. The molecule has 1 aromatic rings. The van der Waals surface area contributed by atoms with Gasteiger partial charge in [0.1, 0.15) is 0 Å². The number of unbranched alkanes of at least 4 members (excludes halogenated alkanes) is 2. The van der Waals surface area contributed by atoms with Gasteiger partial charge in [-0.1, -0.05) is 44.3 Å². The molecule has 0 nitrogen and oxygen atoms in total. The van der Waals surface area contributed by atoms with Crippen LogP contribution in [0.15, 0.2) is 11.6 Å². The number of allylic oxidation sites excluding steroid dienone is 1. The third kappa shape index (κ3) is 3.70. The van der Waals surface area contributed by atoms with E-state index in [9.17, 15) is 13.2 Å². The van der Waals surface area contributed by atoms with Gasteiger partial charge in [-0.2, -0.15) is 0 Å². The summed E-state index contributed by atoms with van der Waals surface area (Å²) in [6.07, 6.45) is 13.4. The van der Waals surface area contributed by atoms with Gasteiger partial charge in [0.2, 0.25) is 0 Å². The number of halogens is 3. The minimum absolute atomic E-state index is 0.339. The molecule has 2 aliphatic rings. The zero-order valence-electron chi connectivity index (χ0n) is 14.5. The Bertz CT molecular complexity index is 610. The van der Waals surface area contributed by atoms with Crippen LogP contribution in [0.1, 0.15) is 75.8 Å². The molecule has 3 rings (SSSR count). The van der Waals surface area contributed by atoms with Gasteiger partial charge in [-0.3, -0.25) is 0 Å². The van der Waals surface area contributed by atoms with Crippen LogP contribution in [0.5, 0.6) is 0 Å². The Morgan fingerprint density at radius 3 is 2.42 bits per heavy atom. The predicted octanol–water partition coefficient (Wildman–Crippen LogP) is 6.82. The Morgan fingerprint density at radius 2 is 1.71 bits per heavy atom. The lowest BCUT2D eigenvalue weighted by Crippen LogP contribution is -2.18. The van der Waals surface area contributed by atoms with Gasteiger partial charge in [-0.25, -0.2) is 13.2 Å². The van der Waals surface area contributed by atoms with Crippen LogP contribution < -0.4 is 0 Å². The number of hydrogen-bond acceptors (Lipinski definition) is 0. The highest BCUT2D eigenvalue weighted by atomic mass is 19.2. The Hall–Kier alpha value is -1.25. The number of fused-ring (bicyclic) bond motifs is 1. The zero-order chi connectivity index (χ0) is 17.1. The Morgan fingerprint density at radius 1 is 0.958 bits per heavy atom. The Labute approximate surface area is 143 Å². The van der Waals surface area contributed by atoms with Crippen molar-refractivity contribution in [2.75, 3.05) is 0 Å². The van der Waals surface area contributed by atoms with Crippen LogP contribution in [0.25, 0.3) is 6.08 Å². The molecule has 0 amide bonds. The van der Waals surface area contributed by atoms with E-state index in [4.69, 9.17) is 0 Å².